The van der Waals surface area contributed by atoms with Gasteiger partial charge in [0.15, 0.2) is 0 Å². The molecule has 0 saturated carbocycles. The number of fused-ring (bicyclic) bond motifs is 1. The fourth-order valence-corrected chi connectivity index (χ4v) is 2.42. The van der Waals surface area contributed by atoms with E-state index in [0.29, 0.717) is 29.9 Å². The summed E-state index contributed by atoms with van der Waals surface area (Å²) in [5.41, 5.74) is 2.66. The van der Waals surface area contributed by atoms with Crippen LogP contribution in [0.5, 0.6) is 0 Å². The van der Waals surface area contributed by atoms with E-state index in [0.717, 1.165) is 5.56 Å². The van der Waals surface area contributed by atoms with Gasteiger partial charge in [-0.15, -0.1) is 0 Å². The van der Waals surface area contributed by atoms with Gasteiger partial charge in [0.05, 0.1) is 18.4 Å². The van der Waals surface area contributed by atoms with Crippen molar-refractivity contribution in [2.75, 3.05) is 13.7 Å². The first-order chi connectivity index (χ1) is 9.72. The largest absolute Gasteiger partial charge is 0.452 e. The van der Waals surface area contributed by atoms with Crippen LogP contribution in [0.1, 0.15) is 16.1 Å². The summed E-state index contributed by atoms with van der Waals surface area (Å²) in [6, 6.07) is 5.30. The third-order valence-corrected chi connectivity index (χ3v) is 3.33. The van der Waals surface area contributed by atoms with Gasteiger partial charge in [0, 0.05) is 36.6 Å². The molecule has 6 heteroatoms. The molecule has 0 aliphatic carbocycles. The van der Waals surface area contributed by atoms with Crippen LogP contribution in [0.2, 0.25) is 0 Å². The van der Waals surface area contributed by atoms with Crippen molar-refractivity contribution in [3.8, 4) is 11.3 Å². The fraction of sp³-hybridized carbons (Fsp3) is 0.214. The molecule has 2 aromatic rings. The molecule has 0 unspecified atom stereocenters. The van der Waals surface area contributed by atoms with E-state index in [-0.39, 0.29) is 5.91 Å². The monoisotopic (exact) mass is 271 g/mol. The molecule has 1 amide bonds. The van der Waals surface area contributed by atoms with E-state index >= 15 is 0 Å². The van der Waals surface area contributed by atoms with Gasteiger partial charge in [-0.05, 0) is 18.2 Å². The zero-order chi connectivity index (χ0) is 14.1. The van der Waals surface area contributed by atoms with Crippen LogP contribution in [0.25, 0.3) is 11.3 Å². The van der Waals surface area contributed by atoms with Crippen LogP contribution in [0.15, 0.2) is 30.6 Å². The Bertz CT molecular complexity index is 676. The molecule has 0 atom stereocenters. The van der Waals surface area contributed by atoms with Gasteiger partial charge in [-0.2, -0.15) is 0 Å². The standard InChI is InChI=1S/C14H13N3O3/c1-20-14(19)17-11-4-7-16-13(18)10(11)8-12(17)9-2-5-15-6-3-9/h2-3,5-6,8H,4,7H2,1H3,(H,16,18). The molecule has 0 spiro atoms. The topological polar surface area (TPSA) is 73.2 Å². The Kier molecular flexibility index (Phi) is 2.98. The van der Waals surface area contributed by atoms with Gasteiger partial charge in [-0.25, -0.2) is 9.36 Å². The second-order valence-corrected chi connectivity index (χ2v) is 4.44. The average molecular weight is 271 g/mol. The number of rotatable bonds is 1. The summed E-state index contributed by atoms with van der Waals surface area (Å²) >= 11 is 0. The lowest BCUT2D eigenvalue weighted by Crippen LogP contribution is -2.33. The minimum atomic E-state index is -0.493. The molecule has 0 aromatic carbocycles. The molecule has 3 rings (SSSR count). The van der Waals surface area contributed by atoms with E-state index in [9.17, 15) is 9.59 Å². The highest BCUT2D eigenvalue weighted by Crippen LogP contribution is 2.28. The van der Waals surface area contributed by atoms with Crippen LogP contribution in [-0.2, 0) is 11.2 Å². The third kappa shape index (κ3) is 1.85. The van der Waals surface area contributed by atoms with Gasteiger partial charge in [-0.1, -0.05) is 0 Å². The van der Waals surface area contributed by atoms with Crippen molar-refractivity contribution < 1.29 is 14.3 Å². The van der Waals surface area contributed by atoms with Crippen LogP contribution in [0, 0.1) is 0 Å². The predicted octanol–water partition coefficient (Wildman–Crippen LogP) is 1.45. The van der Waals surface area contributed by atoms with Gasteiger partial charge >= 0.3 is 6.09 Å². The number of nitrogens with zero attached hydrogens (tertiary/aromatic N) is 2. The third-order valence-electron chi connectivity index (χ3n) is 3.33. The van der Waals surface area contributed by atoms with E-state index < -0.39 is 6.09 Å². The van der Waals surface area contributed by atoms with Crippen LogP contribution in [-0.4, -0.2) is 35.2 Å². The molecule has 0 radical (unpaired) electrons. The van der Waals surface area contributed by atoms with Gasteiger partial charge in [-0.3, -0.25) is 9.78 Å². The van der Waals surface area contributed by atoms with Crippen LogP contribution >= 0.6 is 0 Å². The van der Waals surface area contributed by atoms with Gasteiger partial charge in [0.1, 0.15) is 0 Å². The summed E-state index contributed by atoms with van der Waals surface area (Å²) in [6.07, 6.45) is 3.39. The SMILES string of the molecule is COC(=O)n1c(-c2ccncc2)cc2c1CCNC2=O. The zero-order valence-corrected chi connectivity index (χ0v) is 10.9. The Morgan fingerprint density at radius 1 is 1.40 bits per heavy atom. The number of hydrogen-bond acceptors (Lipinski definition) is 4. The highest BCUT2D eigenvalue weighted by Gasteiger charge is 2.27. The Labute approximate surface area is 115 Å². The molecule has 1 aliphatic rings. The van der Waals surface area contributed by atoms with E-state index in [1.807, 2.05) is 0 Å². The maximum atomic E-state index is 12.0. The number of amides is 1. The number of nitrogens with one attached hydrogen (secondary N) is 1. The van der Waals surface area contributed by atoms with E-state index in [1.54, 1.807) is 30.6 Å². The molecule has 20 heavy (non-hydrogen) atoms. The maximum Gasteiger partial charge on any atom is 0.418 e. The quantitative estimate of drug-likeness (QED) is 0.852. The summed E-state index contributed by atoms with van der Waals surface area (Å²) < 4.78 is 6.30. The van der Waals surface area contributed by atoms with Gasteiger partial charge in [0.25, 0.3) is 5.91 Å². The van der Waals surface area contributed by atoms with E-state index in [4.69, 9.17) is 4.74 Å². The first kappa shape index (κ1) is 12.4. The lowest BCUT2D eigenvalue weighted by atomic mass is 10.1. The Morgan fingerprint density at radius 3 is 2.85 bits per heavy atom. The van der Waals surface area contributed by atoms with Crippen molar-refractivity contribution in [2.24, 2.45) is 0 Å². The van der Waals surface area contributed by atoms with Crippen molar-refractivity contribution in [1.82, 2.24) is 14.9 Å². The fourth-order valence-electron chi connectivity index (χ4n) is 2.42. The summed E-state index contributed by atoms with van der Waals surface area (Å²) in [5.74, 6) is -0.163. The number of pyridine rings is 1. The molecule has 3 heterocycles. The number of aromatic nitrogens is 2. The number of carbonyl (C=O) groups excluding carboxylic acids is 2. The summed E-state index contributed by atoms with van der Waals surface area (Å²) in [4.78, 5) is 27.9. The summed E-state index contributed by atoms with van der Waals surface area (Å²) in [6.45, 7) is 0.516. The first-order valence-corrected chi connectivity index (χ1v) is 6.24. The molecule has 0 saturated heterocycles. The highest BCUT2D eigenvalue weighted by molar-refractivity contribution is 5.99. The first-order valence-electron chi connectivity index (χ1n) is 6.24. The lowest BCUT2D eigenvalue weighted by Gasteiger charge is -2.15. The van der Waals surface area contributed by atoms with E-state index in [1.165, 1.54) is 11.7 Å². The Hall–Kier alpha value is -2.63. The number of ether oxygens (including phenoxy) is 1. The van der Waals surface area contributed by atoms with E-state index in [2.05, 4.69) is 10.3 Å². The van der Waals surface area contributed by atoms with Crippen LogP contribution < -0.4 is 5.32 Å². The van der Waals surface area contributed by atoms with Crippen molar-refractivity contribution in [1.29, 1.82) is 0 Å². The summed E-state index contributed by atoms with van der Waals surface area (Å²) in [7, 11) is 1.33. The Balaban J connectivity index is 2.24. The normalized spacial score (nSPS) is 13.6. The van der Waals surface area contributed by atoms with Gasteiger partial charge < -0.3 is 10.1 Å². The van der Waals surface area contributed by atoms with Crippen molar-refractivity contribution in [3.63, 3.8) is 0 Å². The minimum Gasteiger partial charge on any atom is -0.452 e. The van der Waals surface area contributed by atoms with Crippen LogP contribution in [0.4, 0.5) is 4.79 Å². The minimum absolute atomic E-state index is 0.163. The zero-order valence-electron chi connectivity index (χ0n) is 10.9. The molecule has 6 nitrogen and oxygen atoms in total. The second kappa shape index (κ2) is 4.80. The predicted molar refractivity (Wildman–Crippen MR) is 71.5 cm³/mol. The smallest absolute Gasteiger partial charge is 0.418 e. The van der Waals surface area contributed by atoms with Gasteiger partial charge in [0.2, 0.25) is 0 Å². The second-order valence-electron chi connectivity index (χ2n) is 4.44. The molecule has 102 valence electrons. The summed E-state index contributed by atoms with van der Waals surface area (Å²) in [5, 5.41) is 2.77. The molecule has 1 aliphatic heterocycles. The van der Waals surface area contributed by atoms with Crippen molar-refractivity contribution >= 4 is 12.0 Å². The number of methoxy groups -OCH3 is 1. The maximum absolute atomic E-state index is 12.0. The molecule has 1 N–H and O–H groups in total. The Morgan fingerprint density at radius 2 is 2.15 bits per heavy atom. The molecule has 0 bridgehead atoms. The molecular weight excluding hydrogens is 258 g/mol. The van der Waals surface area contributed by atoms with Crippen molar-refractivity contribution in [3.05, 3.63) is 41.9 Å². The van der Waals surface area contributed by atoms with Crippen LogP contribution in [0.3, 0.4) is 0 Å². The molecule has 2 aromatic heterocycles. The lowest BCUT2D eigenvalue weighted by molar-refractivity contribution is 0.0945. The highest BCUT2D eigenvalue weighted by atomic mass is 16.5. The molecular formula is C14H13N3O3. The molecule has 0 fully saturated rings. The average Bonchev–Trinajstić information content (AvgIpc) is 2.88. The van der Waals surface area contributed by atoms with Crippen molar-refractivity contribution in [2.45, 2.75) is 6.42 Å². The number of hydrogen-bond donors (Lipinski definition) is 1. The number of carbonyl (C=O) groups is 2.